The van der Waals surface area contributed by atoms with Gasteiger partial charge in [-0.1, -0.05) is 69.9 Å². The fourth-order valence-electron chi connectivity index (χ4n) is 6.26. The Labute approximate surface area is 205 Å². The molecule has 0 spiro atoms. The first-order valence-corrected chi connectivity index (χ1v) is 14.5. The van der Waals surface area contributed by atoms with Crippen LogP contribution in [0.1, 0.15) is 131 Å². The SMILES string of the molecule is O=S(=O)(O)C(F)(F)C(F)(F)Oc1c(C2CCCCC2)cc(C2CCCCC2)cc1C1CCCCC1. The maximum Gasteiger partial charge on any atom is 0.483 e. The lowest BCUT2D eigenvalue weighted by Gasteiger charge is -2.34. The third-order valence-electron chi connectivity index (χ3n) is 8.23. The van der Waals surface area contributed by atoms with Gasteiger partial charge < -0.3 is 4.74 Å². The summed E-state index contributed by atoms with van der Waals surface area (Å²) in [7, 11) is -6.39. The summed E-state index contributed by atoms with van der Waals surface area (Å²) in [5.74, 6) is -0.224. The lowest BCUT2D eigenvalue weighted by molar-refractivity contribution is -0.275. The van der Waals surface area contributed by atoms with E-state index in [4.69, 9.17) is 9.29 Å². The molecule has 1 aromatic rings. The molecule has 0 radical (unpaired) electrons. The Morgan fingerprint density at radius 2 is 1.06 bits per heavy atom. The number of hydrogen-bond acceptors (Lipinski definition) is 3. The highest BCUT2D eigenvalue weighted by Crippen LogP contribution is 2.50. The minimum absolute atomic E-state index is 0.111. The van der Waals surface area contributed by atoms with E-state index < -0.39 is 21.5 Å². The van der Waals surface area contributed by atoms with E-state index in [9.17, 15) is 26.0 Å². The van der Waals surface area contributed by atoms with Gasteiger partial charge in [-0.3, -0.25) is 4.55 Å². The zero-order chi connectivity index (χ0) is 25.3. The molecule has 0 amide bonds. The largest absolute Gasteiger partial charge is 0.483 e. The van der Waals surface area contributed by atoms with Gasteiger partial charge in [-0.2, -0.15) is 26.0 Å². The van der Waals surface area contributed by atoms with Gasteiger partial charge in [0.05, 0.1) is 0 Å². The average molecular weight is 521 g/mol. The van der Waals surface area contributed by atoms with Gasteiger partial charge in [0.2, 0.25) is 0 Å². The van der Waals surface area contributed by atoms with Crippen LogP contribution in [0.3, 0.4) is 0 Å². The molecule has 0 aromatic heterocycles. The van der Waals surface area contributed by atoms with Gasteiger partial charge in [0.25, 0.3) is 0 Å². The zero-order valence-electron chi connectivity index (χ0n) is 20.1. The second kappa shape index (κ2) is 10.6. The standard InChI is InChI=1S/C26H36F4O4S/c27-25(28,26(29,30)35(31,32)33)34-24-22(19-12-6-2-7-13-19)16-21(18-10-4-1-5-11-18)17-23(24)20-14-8-3-9-15-20/h16-20H,1-15H2,(H,31,32,33). The molecule has 198 valence electrons. The minimum Gasteiger partial charge on any atom is -0.427 e. The molecule has 0 bridgehead atoms. The van der Waals surface area contributed by atoms with Crippen molar-refractivity contribution in [2.45, 2.75) is 125 Å². The first-order valence-electron chi connectivity index (χ1n) is 13.1. The van der Waals surface area contributed by atoms with E-state index in [1.54, 1.807) is 0 Å². The second-order valence-corrected chi connectivity index (χ2v) is 12.1. The van der Waals surface area contributed by atoms with E-state index in [2.05, 4.69) is 0 Å². The van der Waals surface area contributed by atoms with Gasteiger partial charge in [0, 0.05) is 0 Å². The quantitative estimate of drug-likeness (QED) is 0.290. The molecule has 0 aliphatic heterocycles. The molecule has 3 fully saturated rings. The predicted molar refractivity (Wildman–Crippen MR) is 126 cm³/mol. The second-order valence-electron chi connectivity index (χ2n) is 10.6. The van der Waals surface area contributed by atoms with Crippen LogP contribution in [0.5, 0.6) is 5.75 Å². The minimum atomic E-state index is -6.39. The summed E-state index contributed by atoms with van der Waals surface area (Å²) in [6, 6.07) is 3.74. The van der Waals surface area contributed by atoms with E-state index in [-0.39, 0.29) is 17.6 Å². The fourth-order valence-corrected chi connectivity index (χ4v) is 6.60. The summed E-state index contributed by atoms with van der Waals surface area (Å²) < 4.78 is 94.0. The smallest absolute Gasteiger partial charge is 0.427 e. The molecular weight excluding hydrogens is 484 g/mol. The average Bonchev–Trinajstić information content (AvgIpc) is 2.85. The van der Waals surface area contributed by atoms with E-state index >= 15 is 0 Å². The van der Waals surface area contributed by atoms with E-state index in [0.29, 0.717) is 17.0 Å². The van der Waals surface area contributed by atoms with Crippen LogP contribution < -0.4 is 4.74 Å². The van der Waals surface area contributed by atoms with Crippen LogP contribution in [0.25, 0.3) is 0 Å². The molecule has 0 unspecified atom stereocenters. The third-order valence-corrected chi connectivity index (χ3v) is 9.11. The van der Waals surface area contributed by atoms with E-state index in [1.165, 1.54) is 6.42 Å². The summed E-state index contributed by atoms with van der Waals surface area (Å²) >= 11 is 0. The lowest BCUT2D eigenvalue weighted by Crippen LogP contribution is -2.50. The van der Waals surface area contributed by atoms with Crippen LogP contribution in [0.4, 0.5) is 17.6 Å². The first-order chi connectivity index (χ1) is 16.5. The predicted octanol–water partition coefficient (Wildman–Crippen LogP) is 8.28. The van der Waals surface area contributed by atoms with Crippen molar-refractivity contribution in [1.82, 2.24) is 0 Å². The molecule has 3 aliphatic carbocycles. The van der Waals surface area contributed by atoms with Crippen molar-refractivity contribution in [3.05, 3.63) is 28.8 Å². The number of alkyl halides is 4. The van der Waals surface area contributed by atoms with Crippen molar-refractivity contribution in [3.8, 4) is 5.75 Å². The molecule has 0 saturated heterocycles. The third kappa shape index (κ3) is 5.65. The van der Waals surface area contributed by atoms with Gasteiger partial charge in [-0.25, -0.2) is 0 Å². The van der Waals surface area contributed by atoms with Crippen LogP contribution in [-0.2, 0) is 10.1 Å². The summed E-state index contributed by atoms with van der Waals surface area (Å²) in [5.41, 5.74) is 2.06. The molecule has 3 saturated carbocycles. The van der Waals surface area contributed by atoms with Gasteiger partial charge in [0.15, 0.2) is 0 Å². The highest BCUT2D eigenvalue weighted by molar-refractivity contribution is 7.86. The summed E-state index contributed by atoms with van der Waals surface area (Å²) in [6.07, 6.45) is 8.63. The van der Waals surface area contributed by atoms with Gasteiger partial charge >= 0.3 is 21.5 Å². The Morgan fingerprint density at radius 3 is 1.43 bits per heavy atom. The first kappa shape index (κ1) is 26.7. The molecule has 9 heteroatoms. The number of rotatable bonds is 7. The van der Waals surface area contributed by atoms with Crippen LogP contribution in [-0.4, -0.2) is 24.3 Å². The molecule has 0 atom stereocenters. The Bertz CT molecular complexity index is 938. The fraction of sp³-hybridized carbons (Fsp3) is 0.769. The van der Waals surface area contributed by atoms with Crippen LogP contribution in [0.2, 0.25) is 0 Å². The van der Waals surface area contributed by atoms with Crippen molar-refractivity contribution in [2.75, 3.05) is 0 Å². The lowest BCUT2D eigenvalue weighted by atomic mass is 9.75. The van der Waals surface area contributed by atoms with Crippen LogP contribution in [0.15, 0.2) is 12.1 Å². The Hall–Kier alpha value is -1.35. The van der Waals surface area contributed by atoms with Crippen molar-refractivity contribution in [1.29, 1.82) is 0 Å². The number of ether oxygens (including phenoxy) is 1. The van der Waals surface area contributed by atoms with Crippen LogP contribution >= 0.6 is 0 Å². The normalized spacial score (nSPS) is 22.3. The molecule has 4 nitrogen and oxygen atoms in total. The van der Waals surface area contributed by atoms with E-state index in [0.717, 1.165) is 95.5 Å². The highest BCUT2D eigenvalue weighted by atomic mass is 32.2. The molecule has 0 heterocycles. The monoisotopic (exact) mass is 520 g/mol. The molecule has 3 aliphatic rings. The number of halogens is 4. The molecule has 1 N–H and O–H groups in total. The maximum absolute atomic E-state index is 14.8. The van der Waals surface area contributed by atoms with E-state index in [1.807, 2.05) is 12.1 Å². The number of hydrogen-bond donors (Lipinski definition) is 1. The summed E-state index contributed by atoms with van der Waals surface area (Å²) in [5, 5.41) is -5.77. The van der Waals surface area contributed by atoms with Crippen LogP contribution in [0, 0.1) is 0 Å². The van der Waals surface area contributed by atoms with Gasteiger partial charge in [-0.15, -0.1) is 0 Å². The molecule has 35 heavy (non-hydrogen) atoms. The zero-order valence-corrected chi connectivity index (χ0v) is 20.9. The van der Waals surface area contributed by atoms with Gasteiger partial charge in [0.1, 0.15) is 5.75 Å². The highest BCUT2D eigenvalue weighted by Gasteiger charge is 2.69. The summed E-state index contributed by atoms with van der Waals surface area (Å²) in [4.78, 5) is 0. The van der Waals surface area contributed by atoms with Gasteiger partial charge in [-0.05, 0) is 73.0 Å². The maximum atomic E-state index is 14.8. The molecule has 4 rings (SSSR count). The Morgan fingerprint density at radius 1 is 0.686 bits per heavy atom. The molecule has 1 aromatic carbocycles. The van der Waals surface area contributed by atoms with Crippen molar-refractivity contribution < 1.29 is 35.3 Å². The van der Waals surface area contributed by atoms with Crippen molar-refractivity contribution in [2.24, 2.45) is 0 Å². The Kier molecular flexibility index (Phi) is 8.06. The number of benzene rings is 1. The summed E-state index contributed by atoms with van der Waals surface area (Å²) in [6.45, 7) is 0. The molecular formula is C26H36F4O4S. The topological polar surface area (TPSA) is 63.6 Å². The van der Waals surface area contributed by atoms with Crippen molar-refractivity contribution >= 4 is 10.1 Å². The Balaban J connectivity index is 1.85. The van der Waals surface area contributed by atoms with Crippen molar-refractivity contribution in [3.63, 3.8) is 0 Å².